The van der Waals surface area contributed by atoms with Gasteiger partial charge in [-0.2, -0.15) is 0 Å². The molecule has 0 saturated carbocycles. The SMILES string of the molecule is c1ccc(-c2cccc([Si](c3ccccc3)(c3ccccc3)c3ccccc3)c2-c2ccccc2)cc1. The molecule has 176 valence electrons. The molecule has 6 aromatic rings. The van der Waals surface area contributed by atoms with Crippen LogP contribution in [0, 0.1) is 0 Å². The second-order valence-corrected chi connectivity index (χ2v) is 13.1. The Hall–Kier alpha value is -4.46. The molecule has 37 heavy (non-hydrogen) atoms. The van der Waals surface area contributed by atoms with E-state index >= 15 is 0 Å². The van der Waals surface area contributed by atoms with Crippen LogP contribution in [0.25, 0.3) is 22.3 Å². The highest BCUT2D eigenvalue weighted by molar-refractivity contribution is 7.20. The molecule has 0 nitrogen and oxygen atoms in total. The van der Waals surface area contributed by atoms with Gasteiger partial charge in [-0.05, 0) is 43.0 Å². The summed E-state index contributed by atoms with van der Waals surface area (Å²) in [6.45, 7) is 0. The minimum atomic E-state index is -2.69. The quantitative estimate of drug-likeness (QED) is 0.188. The van der Waals surface area contributed by atoms with Gasteiger partial charge in [0, 0.05) is 0 Å². The molecule has 0 saturated heterocycles. The molecule has 6 rings (SSSR count). The summed E-state index contributed by atoms with van der Waals surface area (Å²) >= 11 is 0. The third-order valence-corrected chi connectivity index (χ3v) is 12.1. The molecule has 0 bridgehead atoms. The van der Waals surface area contributed by atoms with Gasteiger partial charge < -0.3 is 0 Å². The third kappa shape index (κ3) is 4.14. The normalized spacial score (nSPS) is 11.2. The Balaban J connectivity index is 1.81. The van der Waals surface area contributed by atoms with Crippen molar-refractivity contribution in [3.05, 3.63) is 170 Å². The van der Waals surface area contributed by atoms with Gasteiger partial charge in [0.25, 0.3) is 0 Å². The van der Waals surface area contributed by atoms with Crippen molar-refractivity contribution >= 4 is 28.8 Å². The summed E-state index contributed by atoms with van der Waals surface area (Å²) in [5, 5.41) is 5.56. The summed E-state index contributed by atoms with van der Waals surface area (Å²) in [6.07, 6.45) is 0. The van der Waals surface area contributed by atoms with E-state index in [4.69, 9.17) is 0 Å². The molecule has 0 fully saturated rings. The number of hydrogen-bond acceptors (Lipinski definition) is 0. The molecule has 0 atom stereocenters. The van der Waals surface area contributed by atoms with E-state index in [0.29, 0.717) is 0 Å². The van der Waals surface area contributed by atoms with E-state index in [1.54, 1.807) is 0 Å². The lowest BCUT2D eigenvalue weighted by Gasteiger charge is -2.36. The smallest absolute Gasteiger partial charge is 0.0623 e. The van der Waals surface area contributed by atoms with Crippen LogP contribution in [-0.2, 0) is 0 Å². The minimum absolute atomic E-state index is 1.24. The largest absolute Gasteiger partial charge is 0.180 e. The zero-order valence-electron chi connectivity index (χ0n) is 20.7. The summed E-state index contributed by atoms with van der Waals surface area (Å²) in [6, 6.07) is 62.1. The van der Waals surface area contributed by atoms with E-state index in [1.165, 1.54) is 43.0 Å². The topological polar surface area (TPSA) is 0 Å². The average molecular weight is 489 g/mol. The van der Waals surface area contributed by atoms with E-state index < -0.39 is 8.07 Å². The fourth-order valence-electron chi connectivity index (χ4n) is 5.67. The van der Waals surface area contributed by atoms with Crippen LogP contribution in [0.15, 0.2) is 170 Å². The molecule has 1 heteroatoms. The average Bonchev–Trinajstić information content (AvgIpc) is 3.00. The first-order valence-electron chi connectivity index (χ1n) is 12.8. The van der Waals surface area contributed by atoms with Crippen molar-refractivity contribution in [2.45, 2.75) is 0 Å². The maximum absolute atomic E-state index is 2.69. The molecular formula is C36H28Si. The Kier molecular flexibility index (Phi) is 6.37. The number of rotatable bonds is 6. The zero-order valence-corrected chi connectivity index (χ0v) is 21.7. The van der Waals surface area contributed by atoms with Crippen molar-refractivity contribution < 1.29 is 0 Å². The van der Waals surface area contributed by atoms with Gasteiger partial charge in [-0.15, -0.1) is 0 Å². The molecule has 0 aliphatic heterocycles. The van der Waals surface area contributed by atoms with E-state index in [9.17, 15) is 0 Å². The summed E-state index contributed by atoms with van der Waals surface area (Å²) in [5.74, 6) is 0. The molecule has 0 N–H and O–H groups in total. The van der Waals surface area contributed by atoms with Crippen LogP contribution in [0.3, 0.4) is 0 Å². The minimum Gasteiger partial charge on any atom is -0.0623 e. The van der Waals surface area contributed by atoms with Crippen LogP contribution in [0.2, 0.25) is 0 Å². The predicted molar refractivity (Wildman–Crippen MR) is 161 cm³/mol. The highest BCUT2D eigenvalue weighted by Gasteiger charge is 2.43. The van der Waals surface area contributed by atoms with Crippen molar-refractivity contribution in [2.75, 3.05) is 0 Å². The molecule has 0 radical (unpaired) electrons. The highest BCUT2D eigenvalue weighted by atomic mass is 28.3. The van der Waals surface area contributed by atoms with Gasteiger partial charge in [0.05, 0.1) is 0 Å². The van der Waals surface area contributed by atoms with Gasteiger partial charge >= 0.3 is 0 Å². The van der Waals surface area contributed by atoms with Gasteiger partial charge in [0.2, 0.25) is 0 Å². The number of benzene rings is 6. The second-order valence-electron chi connectivity index (χ2n) is 9.31. The maximum Gasteiger partial charge on any atom is 0.180 e. The van der Waals surface area contributed by atoms with Crippen LogP contribution in [0.1, 0.15) is 0 Å². The van der Waals surface area contributed by atoms with Gasteiger partial charge in [-0.25, -0.2) is 0 Å². The Bertz CT molecular complexity index is 1480. The molecule has 0 unspecified atom stereocenters. The Labute approximate surface area is 220 Å². The first-order valence-corrected chi connectivity index (χ1v) is 14.8. The zero-order chi connectivity index (χ0) is 24.9. The first kappa shape index (κ1) is 23.0. The molecule has 0 spiro atoms. The maximum atomic E-state index is 2.38. The molecule has 0 amide bonds. The van der Waals surface area contributed by atoms with E-state index in [0.717, 1.165) is 0 Å². The first-order chi connectivity index (χ1) is 18.4. The monoisotopic (exact) mass is 488 g/mol. The Morgan fingerprint density at radius 1 is 0.297 bits per heavy atom. The van der Waals surface area contributed by atoms with Gasteiger partial charge in [0.15, 0.2) is 8.07 Å². The molecule has 0 heterocycles. The Morgan fingerprint density at radius 2 is 0.676 bits per heavy atom. The fraction of sp³-hybridized carbons (Fsp3) is 0. The summed E-state index contributed by atoms with van der Waals surface area (Å²) in [7, 11) is -2.69. The highest BCUT2D eigenvalue weighted by Crippen LogP contribution is 2.32. The second kappa shape index (κ2) is 10.3. The van der Waals surface area contributed by atoms with Crippen LogP contribution in [0.4, 0.5) is 0 Å². The lowest BCUT2D eigenvalue weighted by atomic mass is 9.94. The summed E-state index contributed by atoms with van der Waals surface area (Å²) in [4.78, 5) is 0. The lowest BCUT2D eigenvalue weighted by molar-refractivity contribution is 1.59. The van der Waals surface area contributed by atoms with Gasteiger partial charge in [-0.1, -0.05) is 170 Å². The van der Waals surface area contributed by atoms with E-state index in [1.807, 2.05) is 0 Å². The van der Waals surface area contributed by atoms with Crippen LogP contribution >= 0.6 is 0 Å². The van der Waals surface area contributed by atoms with Crippen molar-refractivity contribution in [3.63, 3.8) is 0 Å². The molecule has 0 aliphatic rings. The predicted octanol–water partition coefficient (Wildman–Crippen LogP) is 6.40. The molecular weight excluding hydrogens is 460 g/mol. The van der Waals surface area contributed by atoms with E-state index in [-0.39, 0.29) is 0 Å². The standard InChI is InChI=1S/C36H28Si/c1-6-17-29(18-7-1)34-27-16-28-35(36(34)30-19-8-2-9-20-30)37(31-21-10-3-11-22-31,32-23-12-4-13-24-32)33-25-14-5-15-26-33/h1-28H. The van der Waals surface area contributed by atoms with Crippen LogP contribution < -0.4 is 20.7 Å². The molecule has 0 aliphatic carbocycles. The van der Waals surface area contributed by atoms with Crippen molar-refractivity contribution in [3.8, 4) is 22.3 Å². The Morgan fingerprint density at radius 3 is 1.11 bits per heavy atom. The van der Waals surface area contributed by atoms with Gasteiger partial charge in [-0.3, -0.25) is 0 Å². The number of hydrogen-bond donors (Lipinski definition) is 0. The van der Waals surface area contributed by atoms with Crippen molar-refractivity contribution in [2.24, 2.45) is 0 Å². The van der Waals surface area contributed by atoms with E-state index in [2.05, 4.69) is 170 Å². The molecule has 0 aromatic heterocycles. The van der Waals surface area contributed by atoms with Crippen molar-refractivity contribution in [1.82, 2.24) is 0 Å². The third-order valence-electron chi connectivity index (χ3n) is 7.24. The summed E-state index contributed by atoms with van der Waals surface area (Å²) in [5.41, 5.74) is 5.07. The summed E-state index contributed by atoms with van der Waals surface area (Å²) < 4.78 is 0. The van der Waals surface area contributed by atoms with Crippen LogP contribution in [0.5, 0.6) is 0 Å². The fourth-order valence-corrected chi connectivity index (χ4v) is 10.7. The van der Waals surface area contributed by atoms with Crippen LogP contribution in [-0.4, -0.2) is 8.07 Å². The van der Waals surface area contributed by atoms with Gasteiger partial charge in [0.1, 0.15) is 0 Å². The lowest BCUT2D eigenvalue weighted by Crippen LogP contribution is -2.75. The van der Waals surface area contributed by atoms with Crippen molar-refractivity contribution in [1.29, 1.82) is 0 Å². The molecule has 6 aromatic carbocycles.